The summed E-state index contributed by atoms with van der Waals surface area (Å²) in [5, 5.41) is 2.87. The molecule has 1 amide bonds. The SMILES string of the molecule is O=C(NCc1ccco1)[C@H]1[C@H]2C[C@H]3[C@H](OC(=O)[C@@H]31)[C@@H]2Br. The number of esters is 1. The van der Waals surface area contributed by atoms with Crippen LogP contribution in [0.3, 0.4) is 0 Å². The van der Waals surface area contributed by atoms with E-state index in [1.807, 2.05) is 6.07 Å². The molecule has 1 aromatic heterocycles. The third kappa shape index (κ3) is 1.60. The van der Waals surface area contributed by atoms with Gasteiger partial charge in [-0.3, -0.25) is 9.59 Å². The average Bonchev–Trinajstić information content (AvgIpc) is 3.14. The first-order valence-electron chi connectivity index (χ1n) is 6.81. The zero-order valence-corrected chi connectivity index (χ0v) is 12.2. The van der Waals surface area contributed by atoms with Gasteiger partial charge in [-0.1, -0.05) is 15.9 Å². The molecule has 0 aromatic carbocycles. The van der Waals surface area contributed by atoms with Crippen molar-refractivity contribution in [1.82, 2.24) is 5.32 Å². The van der Waals surface area contributed by atoms with Gasteiger partial charge in [-0.15, -0.1) is 0 Å². The molecule has 2 heterocycles. The Hall–Kier alpha value is -1.30. The first-order chi connectivity index (χ1) is 9.66. The van der Waals surface area contributed by atoms with Crippen molar-refractivity contribution in [2.45, 2.75) is 23.9 Å². The number of carbonyl (C=O) groups excluding carboxylic acids is 2. The smallest absolute Gasteiger partial charge is 0.310 e. The van der Waals surface area contributed by atoms with Crippen LogP contribution in [0, 0.1) is 23.7 Å². The number of fused-ring (bicyclic) bond motifs is 1. The molecule has 4 rings (SSSR count). The molecule has 1 aliphatic heterocycles. The molecule has 6 heteroatoms. The summed E-state index contributed by atoms with van der Waals surface area (Å²) in [5.74, 6) is 0.308. The van der Waals surface area contributed by atoms with Crippen LogP contribution >= 0.6 is 15.9 Å². The van der Waals surface area contributed by atoms with E-state index in [-0.39, 0.29) is 46.5 Å². The van der Waals surface area contributed by atoms with E-state index in [0.29, 0.717) is 12.3 Å². The highest BCUT2D eigenvalue weighted by atomic mass is 79.9. The van der Waals surface area contributed by atoms with Crippen molar-refractivity contribution in [3.05, 3.63) is 24.2 Å². The Morgan fingerprint density at radius 3 is 3.05 bits per heavy atom. The number of alkyl halides is 1. The van der Waals surface area contributed by atoms with Crippen LogP contribution in [-0.2, 0) is 20.9 Å². The summed E-state index contributed by atoms with van der Waals surface area (Å²) < 4.78 is 10.6. The summed E-state index contributed by atoms with van der Waals surface area (Å²) in [4.78, 5) is 24.5. The Bertz CT molecular complexity index is 558. The maximum atomic E-state index is 12.4. The molecular formula is C14H14BrNO4. The highest BCUT2D eigenvalue weighted by molar-refractivity contribution is 9.09. The van der Waals surface area contributed by atoms with Crippen LogP contribution in [0.2, 0.25) is 0 Å². The van der Waals surface area contributed by atoms with E-state index in [4.69, 9.17) is 9.15 Å². The van der Waals surface area contributed by atoms with Gasteiger partial charge in [-0.2, -0.15) is 0 Å². The largest absolute Gasteiger partial charge is 0.467 e. The molecule has 0 unspecified atom stereocenters. The van der Waals surface area contributed by atoms with Crippen molar-refractivity contribution in [2.24, 2.45) is 23.7 Å². The number of furan rings is 1. The van der Waals surface area contributed by atoms with E-state index in [1.165, 1.54) is 0 Å². The first-order valence-corrected chi connectivity index (χ1v) is 7.73. The van der Waals surface area contributed by atoms with Crippen LogP contribution in [-0.4, -0.2) is 22.8 Å². The van der Waals surface area contributed by atoms with E-state index >= 15 is 0 Å². The lowest BCUT2D eigenvalue weighted by Gasteiger charge is -2.27. The van der Waals surface area contributed by atoms with Gasteiger partial charge in [-0.25, -0.2) is 0 Å². The molecule has 0 radical (unpaired) electrons. The molecule has 2 bridgehead atoms. The maximum absolute atomic E-state index is 12.4. The second kappa shape index (κ2) is 4.35. The summed E-state index contributed by atoms with van der Waals surface area (Å²) in [5.41, 5.74) is 0. The van der Waals surface area contributed by atoms with Gasteiger partial charge in [0, 0.05) is 5.92 Å². The lowest BCUT2D eigenvalue weighted by atomic mass is 9.79. The summed E-state index contributed by atoms with van der Waals surface area (Å²) in [6.45, 7) is 0.359. The first kappa shape index (κ1) is 12.4. The second-order valence-corrected chi connectivity index (χ2v) is 6.82. The van der Waals surface area contributed by atoms with E-state index in [0.717, 1.165) is 6.42 Å². The van der Waals surface area contributed by atoms with Crippen molar-refractivity contribution in [3.63, 3.8) is 0 Å². The van der Waals surface area contributed by atoms with Gasteiger partial charge in [0.1, 0.15) is 11.9 Å². The monoisotopic (exact) mass is 339 g/mol. The van der Waals surface area contributed by atoms with Crippen molar-refractivity contribution in [2.75, 3.05) is 0 Å². The fourth-order valence-electron chi connectivity index (χ4n) is 4.04. The van der Waals surface area contributed by atoms with E-state index in [1.54, 1.807) is 12.3 Å². The highest BCUT2D eigenvalue weighted by Crippen LogP contribution is 2.59. The van der Waals surface area contributed by atoms with Gasteiger partial charge in [-0.05, 0) is 24.5 Å². The number of rotatable bonds is 3. The topological polar surface area (TPSA) is 68.5 Å². The lowest BCUT2D eigenvalue weighted by molar-refractivity contribution is -0.145. The molecule has 3 fully saturated rings. The Morgan fingerprint density at radius 1 is 1.45 bits per heavy atom. The Morgan fingerprint density at radius 2 is 2.30 bits per heavy atom. The highest BCUT2D eigenvalue weighted by Gasteiger charge is 2.67. The molecule has 5 nitrogen and oxygen atoms in total. The molecule has 2 aliphatic carbocycles. The maximum Gasteiger partial charge on any atom is 0.310 e. The van der Waals surface area contributed by atoms with Crippen LogP contribution in [0.25, 0.3) is 0 Å². The minimum Gasteiger partial charge on any atom is -0.467 e. The summed E-state index contributed by atoms with van der Waals surface area (Å²) >= 11 is 3.60. The van der Waals surface area contributed by atoms with Gasteiger partial charge in [0.25, 0.3) is 0 Å². The molecule has 1 aromatic rings. The predicted molar refractivity (Wildman–Crippen MR) is 71.7 cm³/mol. The molecule has 0 spiro atoms. The van der Waals surface area contributed by atoms with Crippen LogP contribution in [0.4, 0.5) is 0 Å². The van der Waals surface area contributed by atoms with E-state index in [9.17, 15) is 9.59 Å². The molecule has 20 heavy (non-hydrogen) atoms. The van der Waals surface area contributed by atoms with Crippen molar-refractivity contribution >= 4 is 27.8 Å². The number of hydrogen-bond donors (Lipinski definition) is 1. The number of amides is 1. The number of halogens is 1. The van der Waals surface area contributed by atoms with Gasteiger partial charge in [0.15, 0.2) is 0 Å². The van der Waals surface area contributed by atoms with Crippen LogP contribution < -0.4 is 5.32 Å². The number of carbonyl (C=O) groups is 2. The Balaban J connectivity index is 1.51. The standard InChI is InChI=1S/C14H14BrNO4/c15-11-7-4-8-10(14(18)20-12(8)11)9(7)13(17)16-5-6-2-1-3-19-6/h1-3,7-12H,4-5H2,(H,16,17)/t7-,8-,9+,10+,11-,12+/m1/s1. The van der Waals surface area contributed by atoms with Gasteiger partial charge < -0.3 is 14.5 Å². The molecule has 1 N–H and O–H groups in total. The minimum atomic E-state index is -0.273. The Labute approximate surface area is 124 Å². The molecule has 6 atom stereocenters. The van der Waals surface area contributed by atoms with E-state index in [2.05, 4.69) is 21.2 Å². The van der Waals surface area contributed by atoms with Crippen LogP contribution in [0.5, 0.6) is 0 Å². The molecule has 106 valence electrons. The predicted octanol–water partition coefficient (Wildman–Crippen LogP) is 1.47. The fraction of sp³-hybridized carbons (Fsp3) is 0.571. The number of ether oxygens (including phenoxy) is 1. The summed E-state index contributed by atoms with van der Waals surface area (Å²) in [6, 6.07) is 3.60. The third-order valence-electron chi connectivity index (χ3n) is 4.84. The zero-order valence-electron chi connectivity index (χ0n) is 10.6. The average molecular weight is 340 g/mol. The normalized spacial score (nSPS) is 41.0. The molecule has 3 aliphatic rings. The summed E-state index contributed by atoms with van der Waals surface area (Å²) in [7, 11) is 0. The van der Waals surface area contributed by atoms with Gasteiger partial charge in [0.2, 0.25) is 5.91 Å². The van der Waals surface area contributed by atoms with Crippen LogP contribution in [0.1, 0.15) is 12.2 Å². The van der Waals surface area contributed by atoms with E-state index < -0.39 is 0 Å². The Kier molecular flexibility index (Phi) is 2.70. The molecule has 2 saturated carbocycles. The van der Waals surface area contributed by atoms with Gasteiger partial charge in [0.05, 0.1) is 29.5 Å². The third-order valence-corrected chi connectivity index (χ3v) is 6.04. The van der Waals surface area contributed by atoms with Crippen LogP contribution in [0.15, 0.2) is 22.8 Å². The summed E-state index contributed by atoms with van der Waals surface area (Å²) in [6.07, 6.45) is 2.44. The van der Waals surface area contributed by atoms with Crippen molar-refractivity contribution in [1.29, 1.82) is 0 Å². The van der Waals surface area contributed by atoms with Crippen molar-refractivity contribution in [3.8, 4) is 0 Å². The minimum absolute atomic E-state index is 0.0355. The van der Waals surface area contributed by atoms with Gasteiger partial charge >= 0.3 is 5.97 Å². The van der Waals surface area contributed by atoms with Crippen molar-refractivity contribution < 1.29 is 18.7 Å². The number of hydrogen-bond acceptors (Lipinski definition) is 4. The lowest BCUT2D eigenvalue weighted by Crippen LogP contribution is -2.43. The fourth-order valence-corrected chi connectivity index (χ4v) is 5.08. The second-order valence-electron chi connectivity index (χ2n) is 5.76. The molecule has 1 saturated heterocycles. The number of nitrogens with one attached hydrogen (secondary N) is 1. The quantitative estimate of drug-likeness (QED) is 0.668. The zero-order chi connectivity index (χ0) is 13.9. The molecular weight excluding hydrogens is 326 g/mol.